The molecule has 1 fully saturated rings. The fraction of sp³-hybridized carbons (Fsp3) is 0.636. The molecule has 0 radical (unpaired) electrons. The molecular formula is C11H18N2S. The Morgan fingerprint density at radius 3 is 3.00 bits per heavy atom. The molecule has 1 aromatic heterocycles. The van der Waals surface area contributed by atoms with E-state index in [0.717, 1.165) is 6.54 Å². The van der Waals surface area contributed by atoms with Crippen molar-refractivity contribution >= 4 is 11.3 Å². The molecule has 3 heteroatoms. The minimum Gasteiger partial charge on any atom is -0.316 e. The van der Waals surface area contributed by atoms with Gasteiger partial charge in [0.1, 0.15) is 0 Å². The Kier molecular flexibility index (Phi) is 3.21. The van der Waals surface area contributed by atoms with E-state index in [-0.39, 0.29) is 0 Å². The van der Waals surface area contributed by atoms with Crippen molar-refractivity contribution in [1.82, 2.24) is 10.2 Å². The Balaban J connectivity index is 1.90. The van der Waals surface area contributed by atoms with Crippen LogP contribution in [0.5, 0.6) is 0 Å². The van der Waals surface area contributed by atoms with Gasteiger partial charge in [0.25, 0.3) is 0 Å². The van der Waals surface area contributed by atoms with Crippen LogP contribution in [0.25, 0.3) is 0 Å². The number of likely N-dealkylation sites (tertiary alicyclic amines) is 1. The molecule has 0 aromatic carbocycles. The standard InChI is InChI=1S/C11H18N2S/c1-9-7-14-8-10(9)5-13-4-3-11(6-13)12-2/h7-8,11-12H,3-6H2,1-2H3. The second-order valence-electron chi connectivity index (χ2n) is 4.09. The molecule has 2 rings (SSSR count). The third-order valence-electron chi connectivity index (χ3n) is 3.04. The fourth-order valence-electron chi connectivity index (χ4n) is 2.00. The summed E-state index contributed by atoms with van der Waals surface area (Å²) in [4.78, 5) is 2.54. The van der Waals surface area contributed by atoms with Crippen molar-refractivity contribution in [3.05, 3.63) is 21.9 Å². The van der Waals surface area contributed by atoms with E-state index in [1.165, 1.54) is 30.6 Å². The molecule has 1 unspecified atom stereocenters. The predicted octanol–water partition coefficient (Wildman–Crippen LogP) is 1.85. The maximum Gasteiger partial charge on any atom is 0.0245 e. The smallest absolute Gasteiger partial charge is 0.0245 e. The average molecular weight is 210 g/mol. The van der Waals surface area contributed by atoms with Crippen molar-refractivity contribution in [2.24, 2.45) is 0 Å². The number of aryl methyl sites for hydroxylation is 1. The second kappa shape index (κ2) is 4.43. The number of hydrogen-bond donors (Lipinski definition) is 1. The van der Waals surface area contributed by atoms with Crippen LogP contribution < -0.4 is 5.32 Å². The summed E-state index contributed by atoms with van der Waals surface area (Å²) in [5.41, 5.74) is 2.95. The van der Waals surface area contributed by atoms with Crippen LogP contribution >= 0.6 is 11.3 Å². The highest BCUT2D eigenvalue weighted by Gasteiger charge is 2.21. The molecule has 0 saturated carbocycles. The lowest BCUT2D eigenvalue weighted by molar-refractivity contribution is 0.322. The monoisotopic (exact) mass is 210 g/mol. The molecule has 1 aliphatic heterocycles. The zero-order valence-corrected chi connectivity index (χ0v) is 9.73. The number of hydrogen-bond acceptors (Lipinski definition) is 3. The maximum atomic E-state index is 3.35. The molecule has 1 saturated heterocycles. The van der Waals surface area contributed by atoms with E-state index in [1.807, 2.05) is 11.3 Å². The molecule has 0 bridgehead atoms. The first-order valence-electron chi connectivity index (χ1n) is 5.21. The van der Waals surface area contributed by atoms with Crippen LogP contribution in [0.2, 0.25) is 0 Å². The van der Waals surface area contributed by atoms with Gasteiger partial charge < -0.3 is 5.32 Å². The van der Waals surface area contributed by atoms with Crippen molar-refractivity contribution in [3.63, 3.8) is 0 Å². The zero-order valence-electron chi connectivity index (χ0n) is 8.92. The van der Waals surface area contributed by atoms with E-state index in [4.69, 9.17) is 0 Å². The van der Waals surface area contributed by atoms with Crippen LogP contribution in [0.15, 0.2) is 10.8 Å². The molecular weight excluding hydrogens is 192 g/mol. The highest BCUT2D eigenvalue weighted by molar-refractivity contribution is 7.08. The van der Waals surface area contributed by atoms with Gasteiger partial charge in [-0.1, -0.05) is 0 Å². The normalized spacial score (nSPS) is 23.1. The third kappa shape index (κ3) is 2.16. The van der Waals surface area contributed by atoms with Gasteiger partial charge in [0.15, 0.2) is 0 Å². The third-order valence-corrected chi connectivity index (χ3v) is 3.95. The number of nitrogens with zero attached hydrogens (tertiary/aromatic N) is 1. The molecule has 14 heavy (non-hydrogen) atoms. The van der Waals surface area contributed by atoms with Crippen LogP contribution in [0.1, 0.15) is 17.5 Å². The van der Waals surface area contributed by atoms with Gasteiger partial charge in [-0.2, -0.15) is 11.3 Å². The second-order valence-corrected chi connectivity index (χ2v) is 4.83. The van der Waals surface area contributed by atoms with Crippen LogP contribution in [-0.2, 0) is 6.54 Å². The first-order valence-corrected chi connectivity index (χ1v) is 6.15. The highest BCUT2D eigenvalue weighted by Crippen LogP contribution is 2.18. The van der Waals surface area contributed by atoms with Gasteiger partial charge >= 0.3 is 0 Å². The van der Waals surface area contributed by atoms with Gasteiger partial charge in [0.05, 0.1) is 0 Å². The van der Waals surface area contributed by atoms with Crippen LogP contribution in [0.4, 0.5) is 0 Å². The number of rotatable bonds is 3. The van der Waals surface area contributed by atoms with Gasteiger partial charge in [0, 0.05) is 25.7 Å². The Morgan fingerprint density at radius 2 is 2.43 bits per heavy atom. The number of nitrogens with one attached hydrogen (secondary N) is 1. The number of thiophene rings is 1. The Hall–Kier alpha value is -0.380. The van der Waals surface area contributed by atoms with Crippen molar-refractivity contribution < 1.29 is 0 Å². The molecule has 1 aliphatic rings. The van der Waals surface area contributed by atoms with E-state index in [2.05, 4.69) is 34.9 Å². The SMILES string of the molecule is CNC1CCN(Cc2cscc2C)C1. The molecule has 78 valence electrons. The van der Waals surface area contributed by atoms with E-state index in [1.54, 1.807) is 0 Å². The van der Waals surface area contributed by atoms with Crippen LogP contribution in [0, 0.1) is 6.92 Å². The van der Waals surface area contributed by atoms with Crippen molar-refractivity contribution in [1.29, 1.82) is 0 Å². The zero-order chi connectivity index (χ0) is 9.97. The maximum absolute atomic E-state index is 3.35. The predicted molar refractivity (Wildman–Crippen MR) is 61.8 cm³/mol. The van der Waals surface area contributed by atoms with Crippen LogP contribution in [0.3, 0.4) is 0 Å². The van der Waals surface area contributed by atoms with Gasteiger partial charge in [-0.25, -0.2) is 0 Å². The quantitative estimate of drug-likeness (QED) is 0.819. The number of likely N-dealkylation sites (N-methyl/N-ethyl adjacent to an activating group) is 1. The van der Waals surface area contributed by atoms with E-state index >= 15 is 0 Å². The molecule has 0 aliphatic carbocycles. The first kappa shape index (κ1) is 10.1. The minimum absolute atomic E-state index is 0.703. The lowest BCUT2D eigenvalue weighted by Crippen LogP contribution is -2.29. The summed E-state index contributed by atoms with van der Waals surface area (Å²) in [5, 5.41) is 7.87. The van der Waals surface area contributed by atoms with Gasteiger partial charge in [-0.05, 0) is 42.3 Å². The summed E-state index contributed by atoms with van der Waals surface area (Å²) in [6.07, 6.45) is 1.29. The Morgan fingerprint density at radius 1 is 1.57 bits per heavy atom. The van der Waals surface area contributed by atoms with E-state index < -0.39 is 0 Å². The topological polar surface area (TPSA) is 15.3 Å². The molecule has 2 nitrogen and oxygen atoms in total. The molecule has 1 N–H and O–H groups in total. The Labute approximate surface area is 89.9 Å². The van der Waals surface area contributed by atoms with Crippen molar-refractivity contribution in [2.45, 2.75) is 25.9 Å². The van der Waals surface area contributed by atoms with Crippen molar-refractivity contribution in [3.8, 4) is 0 Å². The summed E-state index contributed by atoms with van der Waals surface area (Å²) in [6.45, 7) is 5.78. The lowest BCUT2D eigenvalue weighted by Gasteiger charge is -2.15. The molecule has 0 amide bonds. The molecule has 1 aromatic rings. The Bertz CT molecular complexity index is 295. The van der Waals surface area contributed by atoms with E-state index in [9.17, 15) is 0 Å². The lowest BCUT2D eigenvalue weighted by atomic mass is 10.2. The van der Waals surface area contributed by atoms with Gasteiger partial charge in [0.2, 0.25) is 0 Å². The van der Waals surface area contributed by atoms with Crippen LogP contribution in [-0.4, -0.2) is 31.1 Å². The summed E-state index contributed by atoms with van der Waals surface area (Å²) in [7, 11) is 2.06. The summed E-state index contributed by atoms with van der Waals surface area (Å²) >= 11 is 1.81. The summed E-state index contributed by atoms with van der Waals surface area (Å²) in [5.74, 6) is 0. The summed E-state index contributed by atoms with van der Waals surface area (Å²) in [6, 6.07) is 0.703. The molecule has 2 heterocycles. The minimum atomic E-state index is 0.703. The molecule has 0 spiro atoms. The highest BCUT2D eigenvalue weighted by atomic mass is 32.1. The first-order chi connectivity index (χ1) is 6.79. The van der Waals surface area contributed by atoms with Gasteiger partial charge in [-0.15, -0.1) is 0 Å². The molecule has 1 atom stereocenters. The van der Waals surface area contributed by atoms with E-state index in [0.29, 0.717) is 6.04 Å². The summed E-state index contributed by atoms with van der Waals surface area (Å²) < 4.78 is 0. The van der Waals surface area contributed by atoms with Gasteiger partial charge in [-0.3, -0.25) is 4.90 Å². The fourth-order valence-corrected chi connectivity index (χ4v) is 2.85. The average Bonchev–Trinajstić information content (AvgIpc) is 2.77. The largest absolute Gasteiger partial charge is 0.316 e. The van der Waals surface area contributed by atoms with Crippen molar-refractivity contribution in [2.75, 3.05) is 20.1 Å².